The number of fused-ring (bicyclic) bond motifs is 1. The van der Waals surface area contributed by atoms with Gasteiger partial charge in [0.15, 0.2) is 0 Å². The maximum Gasteiger partial charge on any atom is 0.339 e. The molecule has 0 aliphatic heterocycles. The van der Waals surface area contributed by atoms with E-state index in [9.17, 15) is 9.90 Å². The third-order valence-electron chi connectivity index (χ3n) is 6.01. The van der Waals surface area contributed by atoms with Crippen molar-refractivity contribution in [3.8, 4) is 17.6 Å². The van der Waals surface area contributed by atoms with Crippen LogP contribution in [0.2, 0.25) is 0 Å². The molecule has 2 aromatic carbocycles. The van der Waals surface area contributed by atoms with E-state index in [1.54, 1.807) is 6.07 Å². The highest BCUT2D eigenvalue weighted by atomic mass is 16.4. The fraction of sp³-hybridized carbons (Fsp3) is 0.400. The minimum atomic E-state index is -1.15. The molecule has 1 atom stereocenters. The first-order valence-electron chi connectivity index (χ1n) is 9.75. The van der Waals surface area contributed by atoms with Crippen LogP contribution >= 0.6 is 0 Å². The lowest BCUT2D eigenvalue weighted by Crippen LogP contribution is -2.35. The summed E-state index contributed by atoms with van der Waals surface area (Å²) in [5.41, 5.74) is 4.86. The molecule has 1 aliphatic rings. The van der Waals surface area contributed by atoms with Gasteiger partial charge >= 0.3 is 5.97 Å². The van der Waals surface area contributed by atoms with Crippen molar-refractivity contribution in [2.75, 3.05) is 0 Å². The predicted octanol–water partition coefficient (Wildman–Crippen LogP) is 5.59. The van der Waals surface area contributed by atoms with Crippen LogP contribution in [-0.2, 0) is 10.8 Å². The molecule has 0 saturated carbocycles. The van der Waals surface area contributed by atoms with Gasteiger partial charge < -0.3 is 10.2 Å². The Morgan fingerprint density at radius 1 is 1.07 bits per heavy atom. The van der Waals surface area contributed by atoms with Crippen molar-refractivity contribution >= 4 is 5.97 Å². The molecule has 0 amide bonds. The smallest absolute Gasteiger partial charge is 0.339 e. The average molecular weight is 376 g/mol. The van der Waals surface area contributed by atoms with Crippen LogP contribution < -0.4 is 0 Å². The minimum absolute atomic E-state index is 0.0319. The Bertz CT molecular complexity index is 987. The highest BCUT2D eigenvalue weighted by Crippen LogP contribution is 2.48. The molecule has 28 heavy (non-hydrogen) atoms. The van der Waals surface area contributed by atoms with Crippen molar-refractivity contribution < 1.29 is 15.0 Å². The normalized spacial score (nSPS) is 17.8. The third kappa shape index (κ3) is 3.64. The maximum absolute atomic E-state index is 11.0. The molecule has 146 valence electrons. The number of hydrogen-bond acceptors (Lipinski definition) is 2. The van der Waals surface area contributed by atoms with Crippen LogP contribution in [0.1, 0.15) is 86.0 Å². The molecule has 0 aromatic heterocycles. The number of benzene rings is 2. The van der Waals surface area contributed by atoms with Crippen molar-refractivity contribution in [1.29, 1.82) is 0 Å². The van der Waals surface area contributed by atoms with Crippen molar-refractivity contribution in [2.45, 2.75) is 64.2 Å². The number of rotatable bonds is 2. The first-order valence-corrected chi connectivity index (χ1v) is 9.75. The first-order chi connectivity index (χ1) is 13.0. The van der Waals surface area contributed by atoms with E-state index >= 15 is 0 Å². The average Bonchev–Trinajstić information content (AvgIpc) is 2.63. The van der Waals surface area contributed by atoms with Gasteiger partial charge in [-0.3, -0.25) is 0 Å². The Morgan fingerprint density at radius 2 is 1.75 bits per heavy atom. The van der Waals surface area contributed by atoms with Gasteiger partial charge in [-0.05, 0) is 65.5 Å². The molecule has 2 N–H and O–H groups in total. The summed E-state index contributed by atoms with van der Waals surface area (Å²) in [7, 11) is 0. The summed E-state index contributed by atoms with van der Waals surface area (Å²) in [5.74, 6) is 5.03. The van der Waals surface area contributed by atoms with E-state index in [4.69, 9.17) is 5.11 Å². The second-order valence-electron chi connectivity index (χ2n) is 9.07. The van der Waals surface area contributed by atoms with Crippen LogP contribution in [-0.4, -0.2) is 16.2 Å². The third-order valence-corrected chi connectivity index (χ3v) is 6.01. The van der Waals surface area contributed by atoms with Crippen molar-refractivity contribution in [2.24, 2.45) is 0 Å². The number of hydrogen-bond donors (Lipinski definition) is 2. The molecule has 0 fully saturated rings. The number of carboxylic acid groups (broad SMARTS) is 1. The molecule has 2 aromatic rings. The Balaban J connectivity index is 2.00. The second-order valence-corrected chi connectivity index (χ2v) is 9.07. The van der Waals surface area contributed by atoms with Gasteiger partial charge in [0.1, 0.15) is 11.3 Å². The van der Waals surface area contributed by atoms with E-state index in [0.29, 0.717) is 5.56 Å². The first kappa shape index (κ1) is 20.0. The summed E-state index contributed by atoms with van der Waals surface area (Å²) >= 11 is 0. The van der Waals surface area contributed by atoms with E-state index < -0.39 is 5.97 Å². The van der Waals surface area contributed by atoms with Gasteiger partial charge in [-0.1, -0.05) is 57.7 Å². The van der Waals surface area contributed by atoms with Crippen LogP contribution in [0.3, 0.4) is 0 Å². The number of carbonyl (C=O) groups is 1. The molecule has 1 unspecified atom stereocenters. The zero-order valence-electron chi connectivity index (χ0n) is 17.3. The Hall–Kier alpha value is -2.73. The summed E-state index contributed by atoms with van der Waals surface area (Å²) in [6.07, 6.45) is 2.32. The van der Waals surface area contributed by atoms with Gasteiger partial charge in [-0.15, -0.1) is 0 Å². The highest BCUT2D eigenvalue weighted by Gasteiger charge is 2.38. The zero-order valence-corrected chi connectivity index (χ0v) is 17.3. The Morgan fingerprint density at radius 3 is 2.39 bits per heavy atom. The van der Waals surface area contributed by atoms with Crippen molar-refractivity contribution in [1.82, 2.24) is 0 Å². The fourth-order valence-electron chi connectivity index (χ4n) is 4.19. The topological polar surface area (TPSA) is 57.5 Å². The monoisotopic (exact) mass is 376 g/mol. The standard InChI is InChI=1S/C25H28O3/c1-16(9-10-17-11-12-19(23(27)28)21(26)15-17)18-7-6-8-20-22(18)25(4,5)14-13-24(20,2)3/h6-8,11-12,15-16,26H,13-14H2,1-5H3,(H,27,28). The second kappa shape index (κ2) is 7.02. The Kier molecular flexibility index (Phi) is 5.02. The number of phenols is 1. The summed E-state index contributed by atoms with van der Waals surface area (Å²) in [6, 6.07) is 11.0. The summed E-state index contributed by atoms with van der Waals surface area (Å²) in [6.45, 7) is 11.4. The SMILES string of the molecule is CC(C#Cc1ccc(C(=O)O)c(O)c1)c1cccc2c1C(C)(C)CCC2(C)C. The maximum atomic E-state index is 11.0. The molecule has 1 aliphatic carbocycles. The van der Waals surface area contributed by atoms with E-state index in [1.807, 2.05) is 0 Å². The van der Waals surface area contributed by atoms with E-state index in [1.165, 1.54) is 35.2 Å². The van der Waals surface area contributed by atoms with Gasteiger partial charge in [0.2, 0.25) is 0 Å². The van der Waals surface area contributed by atoms with E-state index in [0.717, 1.165) is 6.42 Å². The molecule has 0 heterocycles. The van der Waals surface area contributed by atoms with Gasteiger partial charge in [0.05, 0.1) is 0 Å². The van der Waals surface area contributed by atoms with Crippen molar-refractivity contribution in [3.05, 3.63) is 64.2 Å². The van der Waals surface area contributed by atoms with Gasteiger partial charge in [0.25, 0.3) is 0 Å². The highest BCUT2D eigenvalue weighted by molar-refractivity contribution is 5.90. The van der Waals surface area contributed by atoms with Gasteiger partial charge in [-0.2, -0.15) is 0 Å². The molecule has 3 rings (SSSR count). The summed E-state index contributed by atoms with van der Waals surface area (Å²) in [5, 5.41) is 18.9. The predicted molar refractivity (Wildman–Crippen MR) is 112 cm³/mol. The molecule has 0 spiro atoms. The lowest BCUT2D eigenvalue weighted by molar-refractivity contribution is 0.0693. The van der Waals surface area contributed by atoms with Crippen LogP contribution in [0.15, 0.2) is 36.4 Å². The lowest BCUT2D eigenvalue weighted by atomic mass is 9.61. The quantitative estimate of drug-likeness (QED) is 0.671. The molecule has 0 saturated heterocycles. The van der Waals surface area contributed by atoms with Gasteiger partial charge in [0, 0.05) is 11.5 Å². The van der Waals surface area contributed by atoms with E-state index in [2.05, 4.69) is 64.7 Å². The van der Waals surface area contributed by atoms with Gasteiger partial charge in [-0.25, -0.2) is 4.79 Å². The fourth-order valence-corrected chi connectivity index (χ4v) is 4.19. The van der Waals surface area contributed by atoms with Crippen LogP contribution in [0.25, 0.3) is 0 Å². The number of aromatic hydroxyl groups is 1. The summed E-state index contributed by atoms with van der Waals surface area (Å²) < 4.78 is 0. The molecular formula is C25H28O3. The molecule has 3 nitrogen and oxygen atoms in total. The Labute approximate surface area is 167 Å². The number of aromatic carboxylic acids is 1. The van der Waals surface area contributed by atoms with Crippen molar-refractivity contribution in [3.63, 3.8) is 0 Å². The summed E-state index contributed by atoms with van der Waals surface area (Å²) in [4.78, 5) is 11.0. The van der Waals surface area contributed by atoms with Crippen LogP contribution in [0.5, 0.6) is 5.75 Å². The van der Waals surface area contributed by atoms with Crippen LogP contribution in [0.4, 0.5) is 0 Å². The zero-order chi connectivity index (χ0) is 20.7. The largest absolute Gasteiger partial charge is 0.507 e. The number of carboxylic acids is 1. The van der Waals surface area contributed by atoms with Crippen LogP contribution in [0, 0.1) is 11.8 Å². The molecule has 3 heteroatoms. The minimum Gasteiger partial charge on any atom is -0.507 e. The molecule has 0 bridgehead atoms. The van der Waals surface area contributed by atoms with E-state index in [-0.39, 0.29) is 28.1 Å². The lowest BCUT2D eigenvalue weighted by Gasteiger charge is -2.43. The molecular weight excluding hydrogens is 348 g/mol. The molecule has 0 radical (unpaired) electrons.